The van der Waals surface area contributed by atoms with Crippen LogP contribution in [-0.4, -0.2) is 49.3 Å². The number of rotatable bonds is 5. The molecular weight excluding hydrogens is 368 g/mol. The third-order valence-corrected chi connectivity index (χ3v) is 6.16. The van der Waals surface area contributed by atoms with E-state index in [1.54, 1.807) is 6.07 Å². The standard InChI is InChI=1S/C15H18N4O4S.ClH/c1-16-9-11-6-8-18(10-11)24(22,23)14-5-4-13(19(20)21)12-3-2-7-17-15(12)14;/h2-5,7,11,16H,6,8-10H2,1H3;1H. The molecule has 2 heterocycles. The van der Waals surface area contributed by atoms with Crippen LogP contribution in [0.2, 0.25) is 0 Å². The van der Waals surface area contributed by atoms with Crippen molar-refractivity contribution in [1.29, 1.82) is 0 Å². The third-order valence-electron chi connectivity index (χ3n) is 4.27. The summed E-state index contributed by atoms with van der Waals surface area (Å²) in [4.78, 5) is 14.7. The number of halogens is 1. The normalized spacial score (nSPS) is 18.2. The Balaban J connectivity index is 0.00000225. The predicted molar refractivity (Wildman–Crippen MR) is 96.4 cm³/mol. The molecule has 2 aromatic rings. The van der Waals surface area contributed by atoms with Gasteiger partial charge in [-0.05, 0) is 44.1 Å². The van der Waals surface area contributed by atoms with Crippen molar-refractivity contribution in [1.82, 2.24) is 14.6 Å². The molecule has 0 aliphatic carbocycles. The fourth-order valence-corrected chi connectivity index (χ4v) is 4.79. The smallest absolute Gasteiger partial charge is 0.278 e. The highest BCUT2D eigenvalue weighted by Crippen LogP contribution is 2.32. The zero-order chi connectivity index (χ0) is 17.3. The van der Waals surface area contributed by atoms with E-state index in [9.17, 15) is 18.5 Å². The van der Waals surface area contributed by atoms with E-state index >= 15 is 0 Å². The molecule has 1 atom stereocenters. The molecule has 0 radical (unpaired) electrons. The van der Waals surface area contributed by atoms with Crippen LogP contribution in [-0.2, 0) is 10.0 Å². The van der Waals surface area contributed by atoms with Crippen LogP contribution in [0.15, 0.2) is 35.4 Å². The molecule has 10 heteroatoms. The average molecular weight is 387 g/mol. The van der Waals surface area contributed by atoms with Crippen molar-refractivity contribution in [3.63, 3.8) is 0 Å². The Labute approximate surface area is 151 Å². The first kappa shape index (κ1) is 19.5. The van der Waals surface area contributed by atoms with E-state index in [0.717, 1.165) is 13.0 Å². The number of benzene rings is 1. The minimum atomic E-state index is -3.74. The number of nitrogens with one attached hydrogen (secondary N) is 1. The van der Waals surface area contributed by atoms with Gasteiger partial charge in [0.05, 0.1) is 15.8 Å². The Morgan fingerprint density at radius 1 is 1.40 bits per heavy atom. The molecule has 1 aliphatic heterocycles. The lowest BCUT2D eigenvalue weighted by Crippen LogP contribution is -2.30. The van der Waals surface area contributed by atoms with Crippen LogP contribution in [0.25, 0.3) is 10.9 Å². The van der Waals surface area contributed by atoms with E-state index < -0.39 is 14.9 Å². The van der Waals surface area contributed by atoms with Gasteiger partial charge in [0.2, 0.25) is 10.0 Å². The first-order valence-corrected chi connectivity index (χ1v) is 9.06. The van der Waals surface area contributed by atoms with Gasteiger partial charge in [-0.1, -0.05) is 0 Å². The molecule has 3 rings (SSSR count). The van der Waals surface area contributed by atoms with Gasteiger partial charge in [0, 0.05) is 25.4 Å². The van der Waals surface area contributed by atoms with Crippen LogP contribution in [0.4, 0.5) is 5.69 Å². The Hall–Kier alpha value is -1.81. The van der Waals surface area contributed by atoms with Gasteiger partial charge in [0.25, 0.3) is 5.69 Å². The van der Waals surface area contributed by atoms with Crippen LogP contribution in [0.5, 0.6) is 0 Å². The summed E-state index contributed by atoms with van der Waals surface area (Å²) in [6.45, 7) is 1.64. The number of aromatic nitrogens is 1. The minimum Gasteiger partial charge on any atom is -0.319 e. The van der Waals surface area contributed by atoms with Crippen molar-refractivity contribution in [2.24, 2.45) is 5.92 Å². The molecule has 0 amide bonds. The Morgan fingerprint density at radius 2 is 2.16 bits per heavy atom. The predicted octanol–water partition coefficient (Wildman–Crippen LogP) is 1.79. The fraction of sp³-hybridized carbons (Fsp3) is 0.400. The van der Waals surface area contributed by atoms with E-state index in [0.29, 0.717) is 13.1 Å². The lowest BCUT2D eigenvalue weighted by Gasteiger charge is -2.17. The summed E-state index contributed by atoms with van der Waals surface area (Å²) in [5.74, 6) is 0.266. The van der Waals surface area contributed by atoms with Crippen molar-refractivity contribution in [2.45, 2.75) is 11.3 Å². The fourth-order valence-electron chi connectivity index (χ4n) is 3.11. The van der Waals surface area contributed by atoms with E-state index in [-0.39, 0.29) is 39.8 Å². The summed E-state index contributed by atoms with van der Waals surface area (Å²) < 4.78 is 27.4. The Morgan fingerprint density at radius 3 is 2.84 bits per heavy atom. The van der Waals surface area contributed by atoms with Crippen LogP contribution < -0.4 is 5.32 Å². The molecular formula is C15H19ClN4O4S. The summed E-state index contributed by atoms with van der Waals surface area (Å²) in [7, 11) is -1.90. The molecule has 1 saturated heterocycles. The average Bonchev–Trinajstić information content (AvgIpc) is 3.03. The number of sulfonamides is 1. The number of fused-ring (bicyclic) bond motifs is 1. The molecule has 1 aliphatic rings. The first-order valence-electron chi connectivity index (χ1n) is 7.62. The topological polar surface area (TPSA) is 105 Å². The number of hydrogen-bond donors (Lipinski definition) is 1. The molecule has 8 nitrogen and oxygen atoms in total. The highest BCUT2D eigenvalue weighted by atomic mass is 35.5. The SMILES string of the molecule is CNCC1CCN(S(=O)(=O)c2ccc([N+](=O)[O-])c3cccnc23)C1.Cl. The van der Waals surface area contributed by atoms with Gasteiger partial charge in [0.15, 0.2) is 0 Å². The molecule has 136 valence electrons. The maximum atomic E-state index is 13.0. The number of non-ortho nitro benzene ring substituents is 1. The summed E-state index contributed by atoms with van der Waals surface area (Å²) in [5, 5.41) is 14.5. The van der Waals surface area contributed by atoms with E-state index in [4.69, 9.17) is 0 Å². The van der Waals surface area contributed by atoms with Crippen LogP contribution in [0.3, 0.4) is 0 Å². The van der Waals surface area contributed by atoms with E-state index in [1.165, 1.54) is 28.7 Å². The van der Waals surface area contributed by atoms with Gasteiger partial charge < -0.3 is 5.32 Å². The molecule has 1 aromatic heterocycles. The lowest BCUT2D eigenvalue weighted by molar-refractivity contribution is -0.383. The first-order chi connectivity index (χ1) is 11.4. The number of pyridine rings is 1. The highest BCUT2D eigenvalue weighted by molar-refractivity contribution is 7.89. The summed E-state index contributed by atoms with van der Waals surface area (Å²) in [6.07, 6.45) is 2.23. The quantitative estimate of drug-likeness (QED) is 0.620. The second-order valence-electron chi connectivity index (χ2n) is 5.81. The van der Waals surface area contributed by atoms with Gasteiger partial charge in [-0.3, -0.25) is 15.1 Å². The maximum Gasteiger partial charge on any atom is 0.278 e. The van der Waals surface area contributed by atoms with Crippen molar-refractivity contribution < 1.29 is 13.3 Å². The van der Waals surface area contributed by atoms with Gasteiger partial charge in [-0.25, -0.2) is 8.42 Å². The van der Waals surface area contributed by atoms with E-state index in [2.05, 4.69) is 10.3 Å². The highest BCUT2D eigenvalue weighted by Gasteiger charge is 2.34. The zero-order valence-corrected chi connectivity index (χ0v) is 15.2. The molecule has 1 fully saturated rings. The van der Waals surface area contributed by atoms with Crippen molar-refractivity contribution in [2.75, 3.05) is 26.7 Å². The second kappa shape index (κ2) is 7.61. The Kier molecular flexibility index (Phi) is 5.94. The van der Waals surface area contributed by atoms with Gasteiger partial charge in [-0.2, -0.15) is 4.31 Å². The summed E-state index contributed by atoms with van der Waals surface area (Å²) >= 11 is 0. The van der Waals surface area contributed by atoms with Gasteiger partial charge in [-0.15, -0.1) is 12.4 Å². The molecule has 0 bridgehead atoms. The molecule has 1 N–H and O–H groups in total. The zero-order valence-electron chi connectivity index (χ0n) is 13.6. The van der Waals surface area contributed by atoms with Crippen LogP contribution in [0.1, 0.15) is 6.42 Å². The molecule has 1 aromatic carbocycles. The van der Waals surface area contributed by atoms with Gasteiger partial charge in [0.1, 0.15) is 4.90 Å². The monoisotopic (exact) mass is 386 g/mol. The minimum absolute atomic E-state index is 0. The maximum absolute atomic E-state index is 13.0. The van der Waals surface area contributed by atoms with Crippen LogP contribution in [0, 0.1) is 16.0 Å². The van der Waals surface area contributed by atoms with E-state index in [1.807, 2.05) is 7.05 Å². The molecule has 25 heavy (non-hydrogen) atoms. The number of nitro benzene ring substituents is 1. The lowest BCUT2D eigenvalue weighted by atomic mass is 10.1. The Bertz CT molecular complexity index is 890. The molecule has 0 spiro atoms. The molecule has 0 saturated carbocycles. The number of hydrogen-bond acceptors (Lipinski definition) is 6. The van der Waals surface area contributed by atoms with Crippen molar-refractivity contribution in [3.8, 4) is 0 Å². The second-order valence-corrected chi connectivity index (χ2v) is 7.72. The van der Waals surface area contributed by atoms with Crippen molar-refractivity contribution in [3.05, 3.63) is 40.6 Å². The molecule has 1 unspecified atom stereocenters. The number of nitro groups is 1. The van der Waals surface area contributed by atoms with Gasteiger partial charge >= 0.3 is 0 Å². The third kappa shape index (κ3) is 3.59. The summed E-state index contributed by atoms with van der Waals surface area (Å²) in [5.41, 5.74) is -0.00435. The largest absolute Gasteiger partial charge is 0.319 e. The van der Waals surface area contributed by atoms with Crippen LogP contribution >= 0.6 is 12.4 Å². The summed E-state index contributed by atoms with van der Waals surface area (Å²) in [6, 6.07) is 5.60. The van der Waals surface area contributed by atoms with Crippen molar-refractivity contribution >= 4 is 39.0 Å². The number of nitrogens with zero attached hydrogens (tertiary/aromatic N) is 3.